The van der Waals surface area contributed by atoms with Crippen LogP contribution in [-0.2, 0) is 13.1 Å². The molecule has 1 aromatic carbocycles. The lowest BCUT2D eigenvalue weighted by Crippen LogP contribution is -2.21. The second-order valence-electron chi connectivity index (χ2n) is 4.77. The summed E-state index contributed by atoms with van der Waals surface area (Å²) in [6.07, 6.45) is 1.80. The molecule has 0 unspecified atom stereocenters. The van der Waals surface area contributed by atoms with Crippen molar-refractivity contribution in [1.29, 1.82) is 0 Å². The average molecular weight is 272 g/mol. The second-order valence-corrected chi connectivity index (χ2v) is 4.77. The molecule has 0 radical (unpaired) electrons. The van der Waals surface area contributed by atoms with Crippen LogP contribution in [0.2, 0.25) is 0 Å². The highest BCUT2D eigenvalue weighted by molar-refractivity contribution is 5.94. The normalized spacial score (nSPS) is 10.3. The Morgan fingerprint density at radius 2 is 2.15 bits per heavy atom. The van der Waals surface area contributed by atoms with Crippen LogP contribution in [0.4, 0.5) is 5.69 Å². The topological polar surface area (TPSA) is 50.2 Å². The van der Waals surface area contributed by atoms with Crippen LogP contribution < -0.4 is 5.32 Å². The van der Waals surface area contributed by atoms with E-state index < -0.39 is 0 Å². The lowest BCUT2D eigenvalue weighted by atomic mass is 10.2. The summed E-state index contributed by atoms with van der Waals surface area (Å²) in [6, 6.07) is 9.53. The van der Waals surface area contributed by atoms with Gasteiger partial charge in [0.1, 0.15) is 0 Å². The summed E-state index contributed by atoms with van der Waals surface area (Å²) in [4.78, 5) is 13.5. The first-order valence-electron chi connectivity index (χ1n) is 6.68. The molecule has 0 fully saturated rings. The number of aryl methyl sites for hydroxylation is 1. The first-order chi connectivity index (χ1) is 9.61. The molecule has 0 bridgehead atoms. The molecule has 1 amide bonds. The van der Waals surface area contributed by atoms with Crippen LogP contribution in [0.15, 0.2) is 36.5 Å². The Kier molecular flexibility index (Phi) is 4.40. The summed E-state index contributed by atoms with van der Waals surface area (Å²) in [5, 5.41) is 7.56. The number of amides is 1. The van der Waals surface area contributed by atoms with Gasteiger partial charge >= 0.3 is 0 Å². The van der Waals surface area contributed by atoms with Gasteiger partial charge < -0.3 is 10.2 Å². The van der Waals surface area contributed by atoms with Crippen LogP contribution >= 0.6 is 0 Å². The standard InChI is InChI=1S/C15H20N4O/c1-4-19-14(8-9-17-19)11-16-13-7-5-6-12(10-13)15(20)18(2)3/h5-10,16H,4,11H2,1-3H3. The molecule has 106 valence electrons. The Morgan fingerprint density at radius 3 is 2.85 bits per heavy atom. The number of aromatic nitrogens is 2. The summed E-state index contributed by atoms with van der Waals surface area (Å²) in [7, 11) is 3.50. The van der Waals surface area contributed by atoms with Crippen LogP contribution in [0.3, 0.4) is 0 Å². The second kappa shape index (κ2) is 6.23. The number of nitrogens with zero attached hydrogens (tertiary/aromatic N) is 3. The van der Waals surface area contributed by atoms with E-state index in [1.807, 2.05) is 35.0 Å². The van der Waals surface area contributed by atoms with Crippen LogP contribution in [0, 0.1) is 0 Å². The van der Waals surface area contributed by atoms with Crippen molar-refractivity contribution in [2.45, 2.75) is 20.0 Å². The number of anilines is 1. The maximum atomic E-state index is 11.9. The molecule has 2 aromatic rings. The number of carbonyl (C=O) groups excluding carboxylic acids is 1. The summed E-state index contributed by atoms with van der Waals surface area (Å²) in [5.41, 5.74) is 2.74. The van der Waals surface area contributed by atoms with Crippen LogP contribution in [0.5, 0.6) is 0 Å². The molecule has 5 nitrogen and oxygen atoms in total. The van der Waals surface area contributed by atoms with E-state index in [0.717, 1.165) is 17.9 Å². The zero-order valence-electron chi connectivity index (χ0n) is 12.1. The molecule has 0 aliphatic heterocycles. The van der Waals surface area contributed by atoms with E-state index in [4.69, 9.17) is 0 Å². The van der Waals surface area contributed by atoms with Gasteiger partial charge in [0.2, 0.25) is 0 Å². The van der Waals surface area contributed by atoms with Gasteiger partial charge in [0, 0.05) is 38.1 Å². The van der Waals surface area contributed by atoms with Gasteiger partial charge in [0.05, 0.1) is 12.2 Å². The molecular formula is C15H20N4O. The number of benzene rings is 1. The van der Waals surface area contributed by atoms with Gasteiger partial charge in [-0.3, -0.25) is 9.48 Å². The predicted octanol–water partition coefficient (Wildman–Crippen LogP) is 2.22. The Bertz CT molecular complexity index is 589. The van der Waals surface area contributed by atoms with E-state index in [0.29, 0.717) is 12.1 Å². The van der Waals surface area contributed by atoms with E-state index in [-0.39, 0.29) is 5.91 Å². The Hall–Kier alpha value is -2.30. The zero-order chi connectivity index (χ0) is 14.5. The van der Waals surface area contributed by atoms with E-state index >= 15 is 0 Å². The van der Waals surface area contributed by atoms with Crippen molar-refractivity contribution >= 4 is 11.6 Å². The van der Waals surface area contributed by atoms with Gasteiger partial charge in [-0.1, -0.05) is 6.07 Å². The average Bonchev–Trinajstić information content (AvgIpc) is 2.92. The summed E-state index contributed by atoms with van der Waals surface area (Å²) < 4.78 is 1.95. The summed E-state index contributed by atoms with van der Waals surface area (Å²) in [6.45, 7) is 3.60. The Balaban J connectivity index is 2.07. The Morgan fingerprint density at radius 1 is 1.35 bits per heavy atom. The van der Waals surface area contributed by atoms with Crippen LogP contribution in [0.1, 0.15) is 23.0 Å². The van der Waals surface area contributed by atoms with Gasteiger partial charge in [0.15, 0.2) is 0 Å². The molecule has 1 N–H and O–H groups in total. The molecule has 0 spiro atoms. The third-order valence-electron chi connectivity index (χ3n) is 3.09. The van der Waals surface area contributed by atoms with Crippen molar-refractivity contribution in [3.05, 3.63) is 47.8 Å². The zero-order valence-corrected chi connectivity index (χ0v) is 12.1. The van der Waals surface area contributed by atoms with Gasteiger partial charge in [0.25, 0.3) is 5.91 Å². The summed E-state index contributed by atoms with van der Waals surface area (Å²) in [5.74, 6) is 0.00671. The molecule has 0 atom stereocenters. The maximum Gasteiger partial charge on any atom is 0.253 e. The predicted molar refractivity (Wildman–Crippen MR) is 79.7 cm³/mol. The SMILES string of the molecule is CCn1nccc1CNc1cccc(C(=O)N(C)C)c1. The number of hydrogen-bond acceptors (Lipinski definition) is 3. The highest BCUT2D eigenvalue weighted by atomic mass is 16.2. The molecule has 0 saturated carbocycles. The fraction of sp³-hybridized carbons (Fsp3) is 0.333. The van der Waals surface area contributed by atoms with Crippen LogP contribution in [-0.4, -0.2) is 34.7 Å². The molecule has 0 aliphatic rings. The number of carbonyl (C=O) groups is 1. The number of rotatable bonds is 5. The third-order valence-corrected chi connectivity index (χ3v) is 3.09. The molecule has 5 heteroatoms. The lowest BCUT2D eigenvalue weighted by molar-refractivity contribution is 0.0827. The van der Waals surface area contributed by atoms with E-state index in [1.54, 1.807) is 25.2 Å². The van der Waals surface area contributed by atoms with Crippen molar-refractivity contribution in [3.8, 4) is 0 Å². The molecule has 0 saturated heterocycles. The molecule has 1 aromatic heterocycles. The molecule has 1 heterocycles. The van der Waals surface area contributed by atoms with Gasteiger partial charge in [-0.25, -0.2) is 0 Å². The molecule has 2 rings (SSSR count). The molecule has 0 aliphatic carbocycles. The van der Waals surface area contributed by atoms with E-state index in [2.05, 4.69) is 17.3 Å². The van der Waals surface area contributed by atoms with Crippen molar-refractivity contribution in [2.75, 3.05) is 19.4 Å². The van der Waals surface area contributed by atoms with Gasteiger partial charge in [-0.2, -0.15) is 5.10 Å². The fourth-order valence-electron chi connectivity index (χ4n) is 2.01. The minimum absolute atomic E-state index is 0.00671. The maximum absolute atomic E-state index is 11.9. The quantitative estimate of drug-likeness (QED) is 0.908. The number of nitrogens with one attached hydrogen (secondary N) is 1. The first kappa shape index (κ1) is 14.1. The third kappa shape index (κ3) is 3.17. The lowest BCUT2D eigenvalue weighted by Gasteiger charge is -2.12. The first-order valence-corrected chi connectivity index (χ1v) is 6.68. The van der Waals surface area contributed by atoms with E-state index in [9.17, 15) is 4.79 Å². The van der Waals surface area contributed by atoms with Crippen molar-refractivity contribution < 1.29 is 4.79 Å². The van der Waals surface area contributed by atoms with Crippen molar-refractivity contribution in [3.63, 3.8) is 0 Å². The largest absolute Gasteiger partial charge is 0.379 e. The fourth-order valence-corrected chi connectivity index (χ4v) is 2.01. The minimum Gasteiger partial charge on any atom is -0.379 e. The van der Waals surface area contributed by atoms with Gasteiger partial charge in [-0.05, 0) is 31.2 Å². The van der Waals surface area contributed by atoms with Crippen LogP contribution in [0.25, 0.3) is 0 Å². The molecule has 20 heavy (non-hydrogen) atoms. The van der Waals surface area contributed by atoms with E-state index in [1.165, 1.54) is 0 Å². The summed E-state index contributed by atoms with van der Waals surface area (Å²) >= 11 is 0. The smallest absolute Gasteiger partial charge is 0.253 e. The van der Waals surface area contributed by atoms with Crippen molar-refractivity contribution in [2.24, 2.45) is 0 Å². The highest BCUT2D eigenvalue weighted by Gasteiger charge is 2.08. The highest BCUT2D eigenvalue weighted by Crippen LogP contribution is 2.13. The van der Waals surface area contributed by atoms with Gasteiger partial charge in [-0.15, -0.1) is 0 Å². The molecular weight excluding hydrogens is 252 g/mol. The Labute approximate surface area is 119 Å². The monoisotopic (exact) mass is 272 g/mol. The number of hydrogen-bond donors (Lipinski definition) is 1. The minimum atomic E-state index is 0.00671. The van der Waals surface area contributed by atoms with Crippen molar-refractivity contribution in [1.82, 2.24) is 14.7 Å².